The van der Waals surface area contributed by atoms with Crippen LogP contribution in [0, 0.1) is 6.92 Å². The van der Waals surface area contributed by atoms with Crippen molar-refractivity contribution in [2.75, 3.05) is 0 Å². The molecular weight excluding hydrogens is 164 g/mol. The zero-order valence-electron chi connectivity index (χ0n) is 8.72. The summed E-state index contributed by atoms with van der Waals surface area (Å²) in [6, 6.07) is 0. The Morgan fingerprint density at radius 2 is 2.00 bits per heavy atom. The van der Waals surface area contributed by atoms with Gasteiger partial charge in [-0.15, -0.1) is 0 Å². The highest BCUT2D eigenvalue weighted by molar-refractivity contribution is 5.26. The van der Waals surface area contributed by atoms with Gasteiger partial charge in [-0.05, 0) is 27.7 Å². The molecule has 0 bridgehead atoms. The summed E-state index contributed by atoms with van der Waals surface area (Å²) in [5, 5.41) is 4.04. The summed E-state index contributed by atoms with van der Waals surface area (Å²) in [6.45, 7) is 10.6. The third kappa shape index (κ3) is 1.37. The molecule has 13 heavy (non-hydrogen) atoms. The molecule has 0 amide bonds. The van der Waals surface area contributed by atoms with E-state index in [0.717, 1.165) is 24.5 Å². The summed E-state index contributed by atoms with van der Waals surface area (Å²) in [6.07, 6.45) is 0. The van der Waals surface area contributed by atoms with Crippen LogP contribution < -0.4 is 0 Å². The number of rotatable bonds is 0. The summed E-state index contributed by atoms with van der Waals surface area (Å²) >= 11 is 0. The van der Waals surface area contributed by atoms with Crippen molar-refractivity contribution in [3.8, 4) is 0 Å². The van der Waals surface area contributed by atoms with Gasteiger partial charge in [0.25, 0.3) is 0 Å². The summed E-state index contributed by atoms with van der Waals surface area (Å²) in [5.74, 6) is 0.974. The average molecular weight is 180 g/mol. The fraction of sp³-hybridized carbons (Fsp3) is 0.700. The van der Waals surface area contributed by atoms with Gasteiger partial charge in [-0.2, -0.15) is 0 Å². The highest BCUT2D eigenvalue weighted by Gasteiger charge is 2.31. The second-order valence-electron chi connectivity index (χ2n) is 4.69. The monoisotopic (exact) mass is 180 g/mol. The molecule has 72 valence electrons. The van der Waals surface area contributed by atoms with Gasteiger partial charge in [0.2, 0.25) is 0 Å². The van der Waals surface area contributed by atoms with E-state index >= 15 is 0 Å². The van der Waals surface area contributed by atoms with Crippen LogP contribution in [0.1, 0.15) is 37.8 Å². The molecule has 1 aromatic heterocycles. The maximum Gasteiger partial charge on any atom is 0.138 e. The first-order valence-electron chi connectivity index (χ1n) is 4.67. The van der Waals surface area contributed by atoms with Crippen molar-refractivity contribution in [3.63, 3.8) is 0 Å². The van der Waals surface area contributed by atoms with Crippen molar-refractivity contribution < 1.29 is 4.52 Å². The quantitative estimate of drug-likeness (QED) is 0.612. The lowest BCUT2D eigenvalue weighted by Crippen LogP contribution is -2.37. The van der Waals surface area contributed by atoms with Gasteiger partial charge >= 0.3 is 0 Å². The van der Waals surface area contributed by atoms with Gasteiger partial charge in [-0.3, -0.25) is 4.90 Å². The minimum absolute atomic E-state index is 0.222. The fourth-order valence-corrected chi connectivity index (χ4v) is 1.67. The van der Waals surface area contributed by atoms with Crippen LogP contribution in [0.5, 0.6) is 0 Å². The van der Waals surface area contributed by atoms with Crippen LogP contribution in [-0.2, 0) is 13.1 Å². The van der Waals surface area contributed by atoms with Crippen molar-refractivity contribution in [1.82, 2.24) is 10.1 Å². The van der Waals surface area contributed by atoms with Gasteiger partial charge in [0.1, 0.15) is 11.5 Å². The van der Waals surface area contributed by atoms with Gasteiger partial charge < -0.3 is 4.52 Å². The largest absolute Gasteiger partial charge is 0.361 e. The smallest absolute Gasteiger partial charge is 0.138 e. The topological polar surface area (TPSA) is 29.3 Å². The van der Waals surface area contributed by atoms with E-state index in [-0.39, 0.29) is 5.54 Å². The molecule has 1 aliphatic heterocycles. The van der Waals surface area contributed by atoms with Crippen LogP contribution in [0.3, 0.4) is 0 Å². The molecule has 1 aromatic rings. The lowest BCUT2D eigenvalue weighted by atomic mass is 10.1. The van der Waals surface area contributed by atoms with Crippen LogP contribution in [0.15, 0.2) is 4.52 Å². The molecule has 0 radical (unpaired) electrons. The molecule has 0 unspecified atom stereocenters. The predicted octanol–water partition coefficient (Wildman–Crippen LogP) is 2.10. The third-order valence-electron chi connectivity index (χ3n) is 2.70. The lowest BCUT2D eigenvalue weighted by Gasteiger charge is -2.31. The molecule has 3 heteroatoms. The molecule has 0 aliphatic carbocycles. The molecule has 3 nitrogen and oxygen atoms in total. The summed E-state index contributed by atoms with van der Waals surface area (Å²) in [7, 11) is 0. The molecule has 0 atom stereocenters. The van der Waals surface area contributed by atoms with E-state index in [1.807, 2.05) is 6.92 Å². The Balaban J connectivity index is 2.24. The SMILES string of the molecule is Cc1onc2c1CN(C(C)(C)C)C2. The Morgan fingerprint density at radius 1 is 1.31 bits per heavy atom. The Kier molecular flexibility index (Phi) is 1.74. The second kappa shape index (κ2) is 2.58. The first-order chi connectivity index (χ1) is 5.98. The second-order valence-corrected chi connectivity index (χ2v) is 4.69. The standard InChI is InChI=1S/C10H16N2O/c1-7-8-5-12(10(2,3)4)6-9(8)11-13-7/h5-6H2,1-4H3. The number of hydrogen-bond donors (Lipinski definition) is 0. The number of aromatic nitrogens is 1. The van der Waals surface area contributed by atoms with Crippen LogP contribution in [0.25, 0.3) is 0 Å². The highest BCUT2D eigenvalue weighted by atomic mass is 16.5. The molecule has 0 fully saturated rings. The Hall–Kier alpha value is -0.830. The number of nitrogens with zero attached hydrogens (tertiary/aromatic N) is 2. The maximum atomic E-state index is 5.12. The molecule has 0 saturated heterocycles. The molecule has 0 spiro atoms. The van der Waals surface area contributed by atoms with Gasteiger partial charge in [-0.1, -0.05) is 5.16 Å². The molecule has 1 aliphatic rings. The predicted molar refractivity (Wildman–Crippen MR) is 50.2 cm³/mol. The van der Waals surface area contributed by atoms with E-state index in [2.05, 4.69) is 30.8 Å². The van der Waals surface area contributed by atoms with Gasteiger partial charge in [0.05, 0.1) is 0 Å². The first kappa shape index (κ1) is 8.75. The molecule has 2 rings (SSSR count). The van der Waals surface area contributed by atoms with Crippen molar-refractivity contribution in [2.24, 2.45) is 0 Å². The van der Waals surface area contributed by atoms with Crippen LogP contribution in [0.2, 0.25) is 0 Å². The zero-order valence-corrected chi connectivity index (χ0v) is 8.72. The Labute approximate surface area is 78.7 Å². The molecule has 0 saturated carbocycles. The summed E-state index contributed by atoms with van der Waals surface area (Å²) < 4.78 is 5.12. The summed E-state index contributed by atoms with van der Waals surface area (Å²) in [4.78, 5) is 2.41. The van der Waals surface area contributed by atoms with Crippen molar-refractivity contribution >= 4 is 0 Å². The molecular formula is C10H16N2O. The normalized spacial score (nSPS) is 17.8. The van der Waals surface area contributed by atoms with Gasteiger partial charge in [-0.25, -0.2) is 0 Å². The van der Waals surface area contributed by atoms with Gasteiger partial charge in [0, 0.05) is 24.2 Å². The summed E-state index contributed by atoms with van der Waals surface area (Å²) in [5.41, 5.74) is 2.63. The van der Waals surface area contributed by atoms with E-state index < -0.39 is 0 Å². The lowest BCUT2D eigenvalue weighted by molar-refractivity contribution is 0.130. The number of aryl methyl sites for hydroxylation is 1. The van der Waals surface area contributed by atoms with Crippen LogP contribution in [0.4, 0.5) is 0 Å². The van der Waals surface area contributed by atoms with Crippen molar-refractivity contribution in [1.29, 1.82) is 0 Å². The van der Waals surface area contributed by atoms with E-state index in [0.29, 0.717) is 0 Å². The van der Waals surface area contributed by atoms with Crippen LogP contribution in [-0.4, -0.2) is 15.6 Å². The minimum atomic E-state index is 0.222. The zero-order chi connectivity index (χ0) is 9.64. The first-order valence-corrected chi connectivity index (χ1v) is 4.67. The Bertz CT molecular complexity index is 322. The van der Waals surface area contributed by atoms with E-state index in [1.165, 1.54) is 5.56 Å². The Morgan fingerprint density at radius 3 is 2.54 bits per heavy atom. The van der Waals surface area contributed by atoms with Crippen molar-refractivity contribution in [3.05, 3.63) is 17.0 Å². The van der Waals surface area contributed by atoms with E-state index in [9.17, 15) is 0 Å². The molecule has 0 N–H and O–H groups in total. The molecule has 0 aromatic carbocycles. The van der Waals surface area contributed by atoms with Gasteiger partial charge in [0.15, 0.2) is 0 Å². The van der Waals surface area contributed by atoms with Crippen LogP contribution >= 0.6 is 0 Å². The molecule has 2 heterocycles. The van der Waals surface area contributed by atoms with E-state index in [4.69, 9.17) is 4.52 Å². The van der Waals surface area contributed by atoms with Crippen molar-refractivity contribution in [2.45, 2.75) is 46.3 Å². The fourth-order valence-electron chi connectivity index (χ4n) is 1.67. The number of hydrogen-bond acceptors (Lipinski definition) is 3. The third-order valence-corrected chi connectivity index (χ3v) is 2.70. The maximum absolute atomic E-state index is 5.12. The minimum Gasteiger partial charge on any atom is -0.361 e. The van der Waals surface area contributed by atoms with E-state index in [1.54, 1.807) is 0 Å². The highest BCUT2D eigenvalue weighted by Crippen LogP contribution is 2.30. The number of fused-ring (bicyclic) bond motifs is 1. The average Bonchev–Trinajstić information content (AvgIpc) is 2.51.